The van der Waals surface area contributed by atoms with Crippen LogP contribution in [0, 0.1) is 0 Å². The van der Waals surface area contributed by atoms with Crippen molar-refractivity contribution < 1.29 is 8.42 Å². The Morgan fingerprint density at radius 3 is 2.62 bits per heavy atom. The molecule has 1 aromatic carbocycles. The quantitative estimate of drug-likeness (QED) is 0.888. The lowest BCUT2D eigenvalue weighted by Crippen LogP contribution is -2.08. The fraction of sp³-hybridized carbons (Fsp3) is 0.400. The summed E-state index contributed by atoms with van der Waals surface area (Å²) in [4.78, 5) is 0.337. The Kier molecular flexibility index (Phi) is 4.67. The molecule has 5 nitrogen and oxygen atoms in total. The minimum atomic E-state index is -3.26. The van der Waals surface area contributed by atoms with Crippen molar-refractivity contribution in [2.75, 3.05) is 11.1 Å². The highest BCUT2D eigenvalue weighted by Gasteiger charge is 2.17. The van der Waals surface area contributed by atoms with E-state index in [1.54, 1.807) is 24.4 Å². The molecule has 114 valence electrons. The summed E-state index contributed by atoms with van der Waals surface area (Å²) >= 11 is 0. The van der Waals surface area contributed by atoms with Gasteiger partial charge in [-0.15, -0.1) is 0 Å². The van der Waals surface area contributed by atoms with E-state index < -0.39 is 9.84 Å². The van der Waals surface area contributed by atoms with E-state index in [2.05, 4.69) is 10.4 Å². The van der Waals surface area contributed by atoms with Gasteiger partial charge in [-0.3, -0.25) is 4.68 Å². The van der Waals surface area contributed by atoms with E-state index in [1.807, 2.05) is 37.7 Å². The Hall–Kier alpha value is -1.82. The first-order chi connectivity index (χ1) is 9.94. The second-order valence-corrected chi connectivity index (χ2v) is 7.32. The van der Waals surface area contributed by atoms with Crippen LogP contribution < -0.4 is 5.32 Å². The van der Waals surface area contributed by atoms with Crippen LogP contribution in [-0.2, 0) is 9.84 Å². The molecule has 0 amide bonds. The van der Waals surface area contributed by atoms with E-state index in [4.69, 9.17) is 0 Å². The zero-order chi connectivity index (χ0) is 15.5. The zero-order valence-corrected chi connectivity index (χ0v) is 13.4. The van der Waals surface area contributed by atoms with Crippen molar-refractivity contribution in [1.82, 2.24) is 9.78 Å². The summed E-state index contributed by atoms with van der Waals surface area (Å²) < 4.78 is 26.4. The van der Waals surface area contributed by atoms with Crippen molar-refractivity contribution in [3.63, 3.8) is 0 Å². The molecule has 0 fully saturated rings. The van der Waals surface area contributed by atoms with E-state index in [-0.39, 0.29) is 11.8 Å². The summed E-state index contributed by atoms with van der Waals surface area (Å²) in [6.07, 6.45) is 4.17. The van der Waals surface area contributed by atoms with Crippen LogP contribution in [0.3, 0.4) is 0 Å². The molecule has 21 heavy (non-hydrogen) atoms. The minimum absolute atomic E-state index is 0.150. The lowest BCUT2D eigenvalue weighted by molar-refractivity contribution is 0.532. The van der Waals surface area contributed by atoms with Crippen LogP contribution in [0.4, 0.5) is 11.4 Å². The average molecular weight is 307 g/mol. The van der Waals surface area contributed by atoms with Gasteiger partial charge in [0.1, 0.15) is 0 Å². The van der Waals surface area contributed by atoms with Gasteiger partial charge in [-0.1, -0.05) is 19.1 Å². The normalized spacial score (nSPS) is 11.8. The number of benzene rings is 1. The van der Waals surface area contributed by atoms with E-state index >= 15 is 0 Å². The third-order valence-electron chi connectivity index (χ3n) is 3.10. The van der Waals surface area contributed by atoms with Gasteiger partial charge in [0.15, 0.2) is 9.84 Å². The van der Waals surface area contributed by atoms with Crippen LogP contribution in [0.25, 0.3) is 0 Å². The van der Waals surface area contributed by atoms with Gasteiger partial charge in [-0.25, -0.2) is 8.42 Å². The van der Waals surface area contributed by atoms with Crippen molar-refractivity contribution in [1.29, 1.82) is 0 Å². The van der Waals surface area contributed by atoms with Crippen LogP contribution in [0.5, 0.6) is 0 Å². The standard InChI is InChI=1S/C15H21N3O2S/c1-4-9-21(19,20)15-8-6-5-7-14(15)17-13-10-16-18(11-13)12(2)3/h5-8,10-12,17H,4,9H2,1-3H3. The number of anilines is 2. The summed E-state index contributed by atoms with van der Waals surface area (Å²) in [5.74, 6) is 0.150. The number of hydrogen-bond acceptors (Lipinski definition) is 4. The summed E-state index contributed by atoms with van der Waals surface area (Å²) in [6.45, 7) is 5.94. The summed E-state index contributed by atoms with van der Waals surface area (Å²) in [5, 5.41) is 7.39. The van der Waals surface area contributed by atoms with Gasteiger partial charge in [0.05, 0.1) is 28.2 Å². The number of sulfone groups is 1. The second kappa shape index (κ2) is 6.30. The number of nitrogens with zero attached hydrogens (tertiary/aromatic N) is 2. The van der Waals surface area contributed by atoms with E-state index in [9.17, 15) is 8.42 Å². The topological polar surface area (TPSA) is 64.0 Å². The van der Waals surface area contributed by atoms with Crippen molar-refractivity contribution in [2.24, 2.45) is 0 Å². The smallest absolute Gasteiger partial charge is 0.180 e. The van der Waals surface area contributed by atoms with Crippen LogP contribution in [-0.4, -0.2) is 24.0 Å². The molecule has 0 unspecified atom stereocenters. The van der Waals surface area contributed by atoms with Crippen LogP contribution in [0.1, 0.15) is 33.2 Å². The van der Waals surface area contributed by atoms with Gasteiger partial charge in [0, 0.05) is 12.2 Å². The first-order valence-corrected chi connectivity index (χ1v) is 8.72. The molecule has 1 heterocycles. The van der Waals surface area contributed by atoms with Gasteiger partial charge in [0.2, 0.25) is 0 Å². The monoisotopic (exact) mass is 307 g/mol. The molecule has 0 aliphatic carbocycles. The molecule has 1 aromatic heterocycles. The van der Waals surface area contributed by atoms with Crippen LogP contribution >= 0.6 is 0 Å². The summed E-state index contributed by atoms with van der Waals surface area (Å²) in [7, 11) is -3.26. The molecule has 1 N–H and O–H groups in total. The van der Waals surface area contributed by atoms with E-state index in [0.717, 1.165) is 5.69 Å². The van der Waals surface area contributed by atoms with E-state index in [0.29, 0.717) is 17.0 Å². The lowest BCUT2D eigenvalue weighted by Gasteiger charge is -2.11. The Bertz CT molecular complexity index is 705. The summed E-state index contributed by atoms with van der Waals surface area (Å²) in [5.41, 5.74) is 1.37. The average Bonchev–Trinajstić information content (AvgIpc) is 2.88. The number of hydrogen-bond donors (Lipinski definition) is 1. The first kappa shape index (κ1) is 15.6. The largest absolute Gasteiger partial charge is 0.352 e. The fourth-order valence-corrected chi connectivity index (χ4v) is 3.56. The van der Waals surface area contributed by atoms with Crippen molar-refractivity contribution in [2.45, 2.75) is 38.1 Å². The van der Waals surface area contributed by atoms with E-state index in [1.165, 1.54) is 0 Å². The Balaban J connectivity index is 2.32. The second-order valence-electron chi connectivity index (χ2n) is 5.24. The lowest BCUT2D eigenvalue weighted by atomic mass is 10.3. The number of para-hydroxylation sites is 1. The SMILES string of the molecule is CCCS(=O)(=O)c1ccccc1Nc1cnn(C(C)C)c1. The highest BCUT2D eigenvalue weighted by Crippen LogP contribution is 2.26. The molecule has 0 bridgehead atoms. The number of aromatic nitrogens is 2. The summed E-state index contributed by atoms with van der Waals surface area (Å²) in [6, 6.07) is 7.24. The minimum Gasteiger partial charge on any atom is -0.352 e. The van der Waals surface area contributed by atoms with Crippen LogP contribution in [0.15, 0.2) is 41.6 Å². The first-order valence-electron chi connectivity index (χ1n) is 7.07. The predicted molar refractivity (Wildman–Crippen MR) is 84.7 cm³/mol. The van der Waals surface area contributed by atoms with Gasteiger partial charge in [-0.05, 0) is 32.4 Å². The van der Waals surface area contributed by atoms with Gasteiger partial charge >= 0.3 is 0 Å². The molecule has 0 saturated heterocycles. The molecule has 0 radical (unpaired) electrons. The molecule has 0 atom stereocenters. The number of rotatable bonds is 6. The number of nitrogens with one attached hydrogen (secondary N) is 1. The Morgan fingerprint density at radius 2 is 2.00 bits per heavy atom. The molecule has 0 aliphatic rings. The zero-order valence-electron chi connectivity index (χ0n) is 12.6. The van der Waals surface area contributed by atoms with Crippen molar-refractivity contribution in [3.05, 3.63) is 36.7 Å². The van der Waals surface area contributed by atoms with Crippen molar-refractivity contribution >= 4 is 21.2 Å². The third kappa shape index (κ3) is 3.64. The van der Waals surface area contributed by atoms with Gasteiger partial charge < -0.3 is 5.32 Å². The maximum atomic E-state index is 12.3. The molecule has 2 rings (SSSR count). The fourth-order valence-electron chi connectivity index (χ4n) is 2.06. The highest BCUT2D eigenvalue weighted by atomic mass is 32.2. The van der Waals surface area contributed by atoms with Gasteiger partial charge in [0.25, 0.3) is 0 Å². The predicted octanol–water partition coefficient (Wildman–Crippen LogP) is 3.39. The molecule has 2 aromatic rings. The maximum Gasteiger partial charge on any atom is 0.180 e. The highest BCUT2D eigenvalue weighted by molar-refractivity contribution is 7.91. The Labute approximate surface area is 125 Å². The van der Waals surface area contributed by atoms with Crippen LogP contribution in [0.2, 0.25) is 0 Å². The third-order valence-corrected chi connectivity index (χ3v) is 5.08. The Morgan fingerprint density at radius 1 is 1.29 bits per heavy atom. The maximum absolute atomic E-state index is 12.3. The molecular formula is C15H21N3O2S. The molecule has 0 saturated carbocycles. The molecule has 0 aliphatic heterocycles. The van der Waals surface area contributed by atoms with Crippen molar-refractivity contribution in [3.8, 4) is 0 Å². The molecule has 6 heteroatoms. The molecule has 0 spiro atoms. The molecular weight excluding hydrogens is 286 g/mol. The van der Waals surface area contributed by atoms with Gasteiger partial charge in [-0.2, -0.15) is 5.10 Å².